The molecule has 0 spiro atoms. The minimum Gasteiger partial charge on any atom is -0.390 e. The van der Waals surface area contributed by atoms with Crippen molar-refractivity contribution in [3.05, 3.63) is 52.6 Å². The Balaban J connectivity index is 1.45. The third-order valence-corrected chi connectivity index (χ3v) is 11.1. The summed E-state index contributed by atoms with van der Waals surface area (Å²) in [7, 11) is -3.78. The van der Waals surface area contributed by atoms with Crippen LogP contribution in [0.5, 0.6) is 0 Å². The summed E-state index contributed by atoms with van der Waals surface area (Å²) in [6.45, 7) is 6.70. The van der Waals surface area contributed by atoms with Gasteiger partial charge in [-0.3, -0.25) is 9.59 Å². The first-order valence-electron chi connectivity index (χ1n) is 12.4. The molecule has 1 aromatic heterocycles. The average Bonchev–Trinajstić information content (AvgIpc) is 3.53. The van der Waals surface area contributed by atoms with Crippen molar-refractivity contribution in [3.8, 4) is 0 Å². The third kappa shape index (κ3) is 5.14. The third-order valence-electron chi connectivity index (χ3n) is 7.46. The molecular formula is C25H34ClN5O5S. The fraction of sp³-hybridized carbons (Fsp3) is 0.560. The van der Waals surface area contributed by atoms with Gasteiger partial charge in [-0.15, -0.1) is 0 Å². The van der Waals surface area contributed by atoms with Crippen molar-refractivity contribution in [1.82, 2.24) is 25.1 Å². The molecule has 12 heteroatoms. The second-order valence-corrected chi connectivity index (χ2v) is 13.6. The lowest BCUT2D eigenvalue weighted by Gasteiger charge is -2.37. The van der Waals surface area contributed by atoms with Crippen LogP contribution in [0.3, 0.4) is 0 Å². The fourth-order valence-corrected chi connectivity index (χ4v) is 7.36. The van der Waals surface area contributed by atoms with E-state index in [9.17, 15) is 23.1 Å². The molecule has 1 aliphatic carbocycles. The first kappa shape index (κ1) is 27.6. The largest absolute Gasteiger partial charge is 0.390 e. The number of aromatic nitrogens is 2. The van der Waals surface area contributed by atoms with Crippen LogP contribution in [0.1, 0.15) is 60.3 Å². The molecule has 3 N–H and O–H groups in total. The maximum atomic E-state index is 13.7. The highest BCUT2D eigenvalue weighted by Crippen LogP contribution is 2.49. The number of benzene rings is 1. The molecular weight excluding hydrogens is 518 g/mol. The summed E-state index contributed by atoms with van der Waals surface area (Å²) in [6, 6.07) is 7.11. The van der Waals surface area contributed by atoms with Crippen molar-refractivity contribution in [2.24, 2.45) is 0 Å². The Morgan fingerprint density at radius 2 is 1.92 bits per heavy atom. The van der Waals surface area contributed by atoms with Gasteiger partial charge in [0.2, 0.25) is 0 Å². The van der Waals surface area contributed by atoms with E-state index in [1.807, 2.05) is 19.1 Å². The smallest absolute Gasteiger partial charge is 0.287 e. The number of carbonyl (C=O) groups is 2. The van der Waals surface area contributed by atoms with Crippen LogP contribution >= 0.6 is 11.6 Å². The van der Waals surface area contributed by atoms with Gasteiger partial charge < -0.3 is 25.2 Å². The van der Waals surface area contributed by atoms with Gasteiger partial charge in [-0.1, -0.05) is 30.7 Å². The topological polar surface area (TPSA) is 134 Å². The lowest BCUT2D eigenvalue weighted by atomic mass is 10.1. The first-order chi connectivity index (χ1) is 17.4. The molecule has 2 heterocycles. The molecule has 1 fully saturated rings. The minimum absolute atomic E-state index is 0.0504. The van der Waals surface area contributed by atoms with Gasteiger partial charge in [0.05, 0.1) is 21.8 Å². The van der Waals surface area contributed by atoms with E-state index in [2.05, 4.69) is 15.6 Å². The van der Waals surface area contributed by atoms with Crippen LogP contribution in [0.2, 0.25) is 5.02 Å². The van der Waals surface area contributed by atoms with Crippen LogP contribution in [-0.2, 0) is 22.9 Å². The van der Waals surface area contributed by atoms with Crippen LogP contribution in [0.25, 0.3) is 0 Å². The number of likely N-dealkylation sites (N-methyl/N-ethyl adjacent to an activating group) is 1. The Kier molecular flexibility index (Phi) is 7.72. The zero-order valence-electron chi connectivity index (χ0n) is 21.3. The van der Waals surface area contributed by atoms with Gasteiger partial charge in [-0.2, -0.15) is 0 Å². The van der Waals surface area contributed by atoms with Crippen molar-refractivity contribution >= 4 is 33.3 Å². The molecule has 1 aromatic carbocycles. The van der Waals surface area contributed by atoms with Crippen molar-refractivity contribution in [2.45, 2.75) is 62.3 Å². The van der Waals surface area contributed by atoms with Crippen LogP contribution in [0.15, 0.2) is 30.5 Å². The number of nitrogens with zero attached hydrogens (tertiary/aromatic N) is 3. The molecule has 4 rings (SSSR count). The summed E-state index contributed by atoms with van der Waals surface area (Å²) in [5, 5.41) is 17.0. The van der Waals surface area contributed by atoms with E-state index >= 15 is 0 Å². The van der Waals surface area contributed by atoms with E-state index in [0.29, 0.717) is 31.0 Å². The van der Waals surface area contributed by atoms with Gasteiger partial charge in [0.15, 0.2) is 15.7 Å². The number of aliphatic hydroxyl groups is 1. The highest BCUT2D eigenvalue weighted by Gasteiger charge is 2.62. The van der Waals surface area contributed by atoms with Crippen molar-refractivity contribution in [3.63, 3.8) is 0 Å². The summed E-state index contributed by atoms with van der Waals surface area (Å²) < 4.78 is 26.5. The van der Waals surface area contributed by atoms with Crippen LogP contribution in [0.4, 0.5) is 0 Å². The first-order valence-corrected chi connectivity index (χ1v) is 14.3. The van der Waals surface area contributed by atoms with E-state index < -0.39 is 31.3 Å². The second-order valence-electron chi connectivity index (χ2n) is 10.3. The summed E-state index contributed by atoms with van der Waals surface area (Å²) >= 11 is 5.90. The molecule has 0 radical (unpaired) electrons. The van der Waals surface area contributed by atoms with E-state index in [0.717, 1.165) is 5.56 Å². The monoisotopic (exact) mass is 551 g/mol. The maximum Gasteiger partial charge on any atom is 0.287 e. The number of fused-ring (bicyclic) bond motifs is 1. The Bertz CT molecular complexity index is 1270. The number of sulfone groups is 1. The summed E-state index contributed by atoms with van der Waals surface area (Å²) in [6.07, 6.45) is 1.16. The number of carbonyl (C=O) groups excluding carboxylic acids is 2. The average molecular weight is 552 g/mol. The van der Waals surface area contributed by atoms with Crippen LogP contribution < -0.4 is 10.6 Å². The Labute approximate surface area is 222 Å². The van der Waals surface area contributed by atoms with E-state index in [-0.39, 0.29) is 43.6 Å². The number of aliphatic hydroxyl groups excluding tert-OH is 1. The molecule has 2 aromatic rings. The zero-order valence-corrected chi connectivity index (χ0v) is 22.9. The zero-order chi connectivity index (χ0) is 27.0. The minimum atomic E-state index is -3.78. The Morgan fingerprint density at radius 3 is 2.54 bits per heavy atom. The quantitative estimate of drug-likeness (QED) is 0.386. The van der Waals surface area contributed by atoms with Gasteiger partial charge >= 0.3 is 0 Å². The summed E-state index contributed by atoms with van der Waals surface area (Å²) in [5.41, 5.74) is 1.13. The highest BCUT2D eigenvalue weighted by atomic mass is 35.5. The molecule has 1 aliphatic heterocycles. The number of imidazole rings is 1. The number of amides is 2. The van der Waals surface area contributed by atoms with Gasteiger partial charge in [0, 0.05) is 37.7 Å². The molecule has 2 amide bonds. The molecule has 0 unspecified atom stereocenters. The molecule has 2 aliphatic rings. The van der Waals surface area contributed by atoms with Crippen LogP contribution in [0, 0.1) is 0 Å². The molecule has 202 valence electrons. The van der Waals surface area contributed by atoms with Gasteiger partial charge in [0.1, 0.15) is 5.69 Å². The van der Waals surface area contributed by atoms with Crippen molar-refractivity contribution < 1.29 is 23.1 Å². The SMILES string of the molecule is CCNC[C@H](O)C(C)(C)S(=O)(=O)C1(CN2CCn3c(cnc3C(=O)NCc3ccc(Cl)cc3)C2=O)CC1. The number of hydrogen-bond acceptors (Lipinski definition) is 7. The molecule has 1 saturated carbocycles. The van der Waals surface area contributed by atoms with Gasteiger partial charge in [-0.05, 0) is 50.9 Å². The normalized spacial score (nSPS) is 17.9. The van der Waals surface area contributed by atoms with Crippen molar-refractivity contribution in [1.29, 1.82) is 0 Å². The van der Waals surface area contributed by atoms with E-state index in [1.54, 1.807) is 30.5 Å². The molecule has 10 nitrogen and oxygen atoms in total. The predicted octanol–water partition coefficient (Wildman–Crippen LogP) is 1.62. The maximum absolute atomic E-state index is 13.7. The van der Waals surface area contributed by atoms with Gasteiger partial charge in [-0.25, -0.2) is 13.4 Å². The number of nitrogens with one attached hydrogen (secondary N) is 2. The van der Waals surface area contributed by atoms with E-state index in [1.165, 1.54) is 11.1 Å². The van der Waals surface area contributed by atoms with Crippen molar-refractivity contribution in [2.75, 3.05) is 26.2 Å². The van der Waals surface area contributed by atoms with E-state index in [4.69, 9.17) is 11.6 Å². The molecule has 0 saturated heterocycles. The molecule has 0 bridgehead atoms. The Hall–Kier alpha value is -2.47. The van der Waals surface area contributed by atoms with Crippen LogP contribution in [-0.4, -0.2) is 81.6 Å². The van der Waals surface area contributed by atoms with Gasteiger partial charge in [0.25, 0.3) is 11.8 Å². The number of halogens is 1. The summed E-state index contributed by atoms with van der Waals surface area (Å²) in [5.74, 6) is -0.624. The molecule has 37 heavy (non-hydrogen) atoms. The Morgan fingerprint density at radius 1 is 1.24 bits per heavy atom. The highest BCUT2D eigenvalue weighted by molar-refractivity contribution is 7.94. The lowest BCUT2D eigenvalue weighted by Crippen LogP contribution is -2.56. The molecule has 1 atom stereocenters. The number of rotatable bonds is 11. The predicted molar refractivity (Wildman–Crippen MR) is 140 cm³/mol. The number of hydrogen-bond donors (Lipinski definition) is 3. The lowest BCUT2D eigenvalue weighted by molar-refractivity contribution is 0.0697. The fourth-order valence-electron chi connectivity index (χ4n) is 4.72. The summed E-state index contributed by atoms with van der Waals surface area (Å²) in [4.78, 5) is 31.8. The standard InChI is InChI=1S/C25H34ClN5O5S/c1-4-27-15-20(32)24(2,3)37(35,36)25(9-10-25)16-30-11-12-31-19(23(30)34)14-28-21(31)22(33)29-13-17-5-7-18(26)8-6-17/h5-8,14,20,27,32H,4,9-13,15-16H2,1-3H3,(H,29,33)/t20-/m0/s1. The second kappa shape index (κ2) is 10.4.